The Morgan fingerprint density at radius 2 is 1.55 bits per heavy atom. The lowest BCUT2D eigenvalue weighted by atomic mass is 9.91. The maximum absolute atomic E-state index is 13.9. The number of aliphatic hydroxyl groups is 1. The number of hydrogen-bond acceptors (Lipinski definition) is 6. The van der Waals surface area contributed by atoms with Gasteiger partial charge in [-0.1, -0.05) is 78.9 Å². The lowest BCUT2D eigenvalue weighted by Gasteiger charge is -2.25. The van der Waals surface area contributed by atoms with Gasteiger partial charge < -0.3 is 14.6 Å². The number of benzene rings is 4. The summed E-state index contributed by atoms with van der Waals surface area (Å²) in [6, 6.07) is 33.6. The average Bonchev–Trinajstić information content (AvgIpc) is 3.57. The maximum Gasteiger partial charge on any atom is 0.266 e. The highest BCUT2D eigenvalue weighted by molar-refractivity contribution is 6.00. The quantitative estimate of drug-likeness (QED) is 0.205. The van der Waals surface area contributed by atoms with E-state index in [4.69, 9.17) is 19.6 Å². The molecule has 0 fully saturated rings. The fraction of sp³-hybridized carbons (Fsp3) is 0.212. The van der Waals surface area contributed by atoms with Gasteiger partial charge in [0.05, 0.1) is 12.6 Å². The molecule has 0 bridgehead atoms. The first-order valence-corrected chi connectivity index (χ1v) is 13.5. The monoisotopic (exact) mass is 533 g/mol. The number of rotatable bonds is 10. The minimum absolute atomic E-state index is 0.0862. The Kier molecular flexibility index (Phi) is 7.31. The predicted octanol–water partition coefficient (Wildman–Crippen LogP) is 4.60. The number of ether oxygens (including phenoxy) is 2. The molecule has 40 heavy (non-hydrogen) atoms. The first kappa shape index (κ1) is 25.8. The molecule has 0 aromatic heterocycles. The van der Waals surface area contributed by atoms with Crippen molar-refractivity contribution < 1.29 is 19.4 Å². The van der Waals surface area contributed by atoms with Crippen LogP contribution < -0.4 is 15.6 Å². The van der Waals surface area contributed by atoms with E-state index in [1.54, 1.807) is 0 Å². The Morgan fingerprint density at radius 3 is 2.23 bits per heavy atom. The van der Waals surface area contributed by atoms with E-state index in [1.165, 1.54) is 0 Å². The van der Waals surface area contributed by atoms with Gasteiger partial charge in [0.2, 0.25) is 5.90 Å². The second-order valence-corrected chi connectivity index (χ2v) is 10.1. The smallest absolute Gasteiger partial charge is 0.266 e. The van der Waals surface area contributed by atoms with Crippen molar-refractivity contribution in [1.29, 1.82) is 0 Å². The topological polar surface area (TPSA) is 92.2 Å². The minimum atomic E-state index is -1.14. The Balaban J connectivity index is 1.25. The number of hydrogen-bond donors (Lipinski definition) is 3. The van der Waals surface area contributed by atoms with E-state index >= 15 is 0 Å². The summed E-state index contributed by atoms with van der Waals surface area (Å²) in [5, 5.41) is 8.97. The van der Waals surface area contributed by atoms with E-state index in [0.29, 0.717) is 31.1 Å². The number of nitrogens with zero attached hydrogens (tertiary/aromatic N) is 1. The fourth-order valence-corrected chi connectivity index (χ4v) is 5.33. The summed E-state index contributed by atoms with van der Waals surface area (Å²) >= 11 is 0. The van der Waals surface area contributed by atoms with Gasteiger partial charge in [-0.15, -0.1) is 0 Å². The summed E-state index contributed by atoms with van der Waals surface area (Å²) in [6.45, 7) is 0.650. The van der Waals surface area contributed by atoms with Crippen molar-refractivity contribution in [3.63, 3.8) is 0 Å². The van der Waals surface area contributed by atoms with Gasteiger partial charge in [-0.05, 0) is 52.1 Å². The summed E-state index contributed by atoms with van der Waals surface area (Å²) in [7, 11) is 0. The number of carbonyl (C=O) groups excluding carboxylic acids is 1. The first-order valence-electron chi connectivity index (χ1n) is 13.5. The normalized spacial score (nSPS) is 17.5. The van der Waals surface area contributed by atoms with Crippen LogP contribution in [0.2, 0.25) is 0 Å². The minimum Gasteiger partial charge on any atom is -0.494 e. The summed E-state index contributed by atoms with van der Waals surface area (Å²) in [5.74, 6) is 0.868. The van der Waals surface area contributed by atoms with Gasteiger partial charge in [0.25, 0.3) is 5.91 Å². The van der Waals surface area contributed by atoms with Gasteiger partial charge in [0.1, 0.15) is 12.4 Å². The predicted molar refractivity (Wildman–Crippen MR) is 154 cm³/mol. The van der Waals surface area contributed by atoms with Crippen LogP contribution in [0.4, 0.5) is 0 Å². The summed E-state index contributed by atoms with van der Waals surface area (Å²) in [6.07, 6.45) is 0.964. The van der Waals surface area contributed by atoms with Gasteiger partial charge in [-0.2, -0.15) is 0 Å². The van der Waals surface area contributed by atoms with Crippen LogP contribution in [0, 0.1) is 0 Å². The van der Waals surface area contributed by atoms with E-state index in [9.17, 15) is 4.79 Å². The molecule has 1 heterocycles. The number of amides is 1. The van der Waals surface area contributed by atoms with Crippen LogP contribution >= 0.6 is 0 Å². The number of fused-ring (bicyclic) bond motifs is 3. The molecule has 1 aliphatic carbocycles. The molecule has 6 rings (SSSR count). The van der Waals surface area contributed by atoms with Crippen molar-refractivity contribution in [1.82, 2.24) is 10.9 Å². The number of hydrazine groups is 1. The molecule has 1 aliphatic heterocycles. The van der Waals surface area contributed by atoms with Crippen LogP contribution in [0.25, 0.3) is 11.1 Å². The highest BCUT2D eigenvalue weighted by Gasteiger charge is 2.45. The molecule has 7 nitrogen and oxygen atoms in total. The third-order valence-electron chi connectivity index (χ3n) is 7.36. The van der Waals surface area contributed by atoms with Gasteiger partial charge in [-0.25, -0.2) is 10.4 Å². The van der Waals surface area contributed by atoms with Crippen molar-refractivity contribution in [2.75, 3.05) is 19.8 Å². The molecule has 3 N–H and O–H groups in total. The third-order valence-corrected chi connectivity index (χ3v) is 7.36. The maximum atomic E-state index is 13.9. The zero-order chi connectivity index (χ0) is 27.4. The molecule has 4 aromatic rings. The zero-order valence-electron chi connectivity index (χ0n) is 22.0. The van der Waals surface area contributed by atoms with Crippen molar-refractivity contribution in [3.8, 4) is 16.9 Å². The molecule has 1 atom stereocenters. The van der Waals surface area contributed by atoms with Gasteiger partial charge in [-0.3, -0.25) is 10.2 Å². The van der Waals surface area contributed by atoms with Crippen LogP contribution in [0.1, 0.15) is 34.7 Å². The molecule has 0 saturated carbocycles. The number of aliphatic imine (C=N–C) groups is 1. The number of aliphatic hydroxyl groups excluding tert-OH is 1. The molecule has 0 radical (unpaired) electrons. The number of nitrogens with one attached hydrogen (secondary N) is 2. The van der Waals surface area contributed by atoms with Gasteiger partial charge in [0.15, 0.2) is 5.54 Å². The molecule has 1 amide bonds. The summed E-state index contributed by atoms with van der Waals surface area (Å²) in [5.41, 5.74) is 11.5. The fourth-order valence-electron chi connectivity index (χ4n) is 5.33. The van der Waals surface area contributed by atoms with E-state index < -0.39 is 5.54 Å². The summed E-state index contributed by atoms with van der Waals surface area (Å²) in [4.78, 5) is 18.8. The van der Waals surface area contributed by atoms with Crippen LogP contribution in [0.5, 0.6) is 5.75 Å². The summed E-state index contributed by atoms with van der Waals surface area (Å²) < 4.78 is 11.7. The van der Waals surface area contributed by atoms with Crippen LogP contribution in [0.3, 0.4) is 0 Å². The van der Waals surface area contributed by atoms with Crippen LogP contribution in [-0.2, 0) is 16.0 Å². The van der Waals surface area contributed by atoms with Gasteiger partial charge in [0, 0.05) is 25.0 Å². The molecule has 0 unspecified atom stereocenters. The van der Waals surface area contributed by atoms with Gasteiger partial charge >= 0.3 is 0 Å². The standard InChI is InChI=1S/C33H31N3O4/c37-19-8-20-39-25-17-15-24(16-18-25)31-34-33(22-40-31,21-23-9-2-1-3-10-23)32(38)36-35-30-28-13-6-4-11-26(28)27-12-5-7-14-29(27)30/h1-7,9-18,30,35,37H,8,19-22H2,(H,36,38)/t33-/m0/s1. The van der Waals surface area contributed by atoms with Crippen molar-refractivity contribution in [3.05, 3.63) is 125 Å². The van der Waals surface area contributed by atoms with E-state index in [-0.39, 0.29) is 25.2 Å². The average molecular weight is 534 g/mol. The second-order valence-electron chi connectivity index (χ2n) is 10.1. The molecular weight excluding hydrogens is 502 g/mol. The molecule has 202 valence electrons. The zero-order valence-corrected chi connectivity index (χ0v) is 22.0. The van der Waals surface area contributed by atoms with Crippen molar-refractivity contribution in [2.45, 2.75) is 24.4 Å². The Morgan fingerprint density at radius 1 is 0.900 bits per heavy atom. The Hall–Kier alpha value is -4.46. The van der Waals surface area contributed by atoms with E-state index in [1.807, 2.05) is 78.9 Å². The van der Waals surface area contributed by atoms with Crippen LogP contribution in [0.15, 0.2) is 108 Å². The number of carbonyl (C=O) groups is 1. The lowest BCUT2D eigenvalue weighted by molar-refractivity contribution is -0.127. The van der Waals surface area contributed by atoms with Crippen LogP contribution in [-0.4, -0.2) is 42.3 Å². The largest absolute Gasteiger partial charge is 0.494 e. The van der Waals surface area contributed by atoms with Crippen molar-refractivity contribution in [2.24, 2.45) is 4.99 Å². The molecule has 0 saturated heterocycles. The van der Waals surface area contributed by atoms with Crippen molar-refractivity contribution >= 4 is 11.8 Å². The lowest BCUT2D eigenvalue weighted by Crippen LogP contribution is -2.53. The molecule has 0 spiro atoms. The second kappa shape index (κ2) is 11.3. The Labute approximate surface area is 233 Å². The first-order chi connectivity index (χ1) is 19.7. The van der Waals surface area contributed by atoms with E-state index in [0.717, 1.165) is 33.4 Å². The SMILES string of the molecule is O=C(NNC1c2ccccc2-c2ccccc21)[C@]1(Cc2ccccc2)COC(c2ccc(OCCCO)cc2)=N1. The molecule has 4 aromatic carbocycles. The molecular formula is C33H31N3O4. The molecule has 2 aliphatic rings. The Bertz CT molecular complexity index is 1470. The highest BCUT2D eigenvalue weighted by Crippen LogP contribution is 2.42. The highest BCUT2D eigenvalue weighted by atomic mass is 16.5. The van der Waals surface area contributed by atoms with E-state index in [2.05, 4.69) is 35.1 Å². The molecule has 7 heteroatoms. The third kappa shape index (κ3) is 5.09.